The lowest BCUT2D eigenvalue weighted by Gasteiger charge is -2.12. The molecule has 1 N–H and O–H groups in total. The minimum absolute atomic E-state index is 0.109. The number of hydrogen-bond donors (Lipinski definition) is 1. The van der Waals surface area contributed by atoms with Gasteiger partial charge in [-0.05, 0) is 43.3 Å². The summed E-state index contributed by atoms with van der Waals surface area (Å²) in [5.41, 5.74) is 0.302. The van der Waals surface area contributed by atoms with Gasteiger partial charge in [-0.2, -0.15) is 0 Å². The van der Waals surface area contributed by atoms with E-state index in [4.69, 9.17) is 9.47 Å². The highest BCUT2D eigenvalue weighted by atomic mass is 32.1. The first kappa shape index (κ1) is 21.4. The summed E-state index contributed by atoms with van der Waals surface area (Å²) in [6.07, 6.45) is 1.66. The van der Waals surface area contributed by atoms with Crippen LogP contribution in [0.4, 0.5) is 5.69 Å². The van der Waals surface area contributed by atoms with Gasteiger partial charge in [0.2, 0.25) is 11.7 Å². The van der Waals surface area contributed by atoms with Gasteiger partial charge < -0.3 is 14.8 Å². The third-order valence-corrected chi connectivity index (χ3v) is 6.44. The van der Waals surface area contributed by atoms with E-state index >= 15 is 0 Å². The fraction of sp³-hybridized carbons (Fsp3) is 0.364. The molecule has 172 valence electrons. The van der Waals surface area contributed by atoms with Gasteiger partial charge in [-0.1, -0.05) is 12.1 Å². The van der Waals surface area contributed by atoms with E-state index in [1.165, 1.54) is 20.3 Å². The number of fused-ring (bicyclic) bond motifs is 3. The van der Waals surface area contributed by atoms with Crippen molar-refractivity contribution in [2.75, 3.05) is 18.5 Å². The average Bonchev–Trinajstić information content (AvgIpc) is 3.54. The summed E-state index contributed by atoms with van der Waals surface area (Å²) in [5.74, 6) is 0.317. The van der Waals surface area contributed by atoms with Crippen molar-refractivity contribution in [2.45, 2.75) is 39.0 Å². The van der Waals surface area contributed by atoms with Crippen molar-refractivity contribution in [3.05, 3.63) is 56.5 Å². The number of thiophene rings is 1. The number of anilines is 1. The van der Waals surface area contributed by atoms with Crippen LogP contribution in [-0.2, 0) is 22.6 Å². The van der Waals surface area contributed by atoms with Gasteiger partial charge in [0.15, 0.2) is 0 Å². The van der Waals surface area contributed by atoms with Crippen LogP contribution < -0.4 is 21.3 Å². The normalized spacial score (nSPS) is 16.0. The molecule has 1 aromatic carbocycles. The third-order valence-electron chi connectivity index (χ3n) is 5.55. The predicted octanol–water partition coefficient (Wildman–Crippen LogP) is 2.09. The number of benzene rings is 1. The highest BCUT2D eigenvalue weighted by Gasteiger charge is 2.23. The Hall–Kier alpha value is -3.44. The number of carbonyl (C=O) groups excluding carboxylic acids is 1. The summed E-state index contributed by atoms with van der Waals surface area (Å²) >= 11 is 1.28. The van der Waals surface area contributed by atoms with Crippen molar-refractivity contribution in [3.63, 3.8) is 0 Å². The number of carbonyl (C=O) groups is 1. The highest BCUT2D eigenvalue weighted by molar-refractivity contribution is 7.17. The zero-order valence-electron chi connectivity index (χ0n) is 18.0. The van der Waals surface area contributed by atoms with E-state index in [2.05, 4.69) is 10.4 Å². The molecule has 0 radical (unpaired) electrons. The van der Waals surface area contributed by atoms with Crippen molar-refractivity contribution in [1.82, 2.24) is 18.7 Å². The van der Waals surface area contributed by atoms with Crippen molar-refractivity contribution >= 4 is 38.9 Å². The van der Waals surface area contributed by atoms with Gasteiger partial charge in [0.1, 0.15) is 17.0 Å². The van der Waals surface area contributed by atoms with Gasteiger partial charge in [0, 0.05) is 6.61 Å². The van der Waals surface area contributed by atoms with E-state index in [0.29, 0.717) is 41.4 Å². The molecule has 1 atom stereocenters. The first-order valence-corrected chi connectivity index (χ1v) is 11.7. The zero-order chi connectivity index (χ0) is 22.9. The molecule has 1 amide bonds. The molecule has 5 rings (SSSR count). The molecule has 11 heteroatoms. The molecule has 1 saturated heterocycles. The number of nitrogens with one attached hydrogen (secondary N) is 1. The molecule has 1 aliphatic rings. The lowest BCUT2D eigenvalue weighted by molar-refractivity contribution is -0.117. The molecule has 1 aliphatic heterocycles. The van der Waals surface area contributed by atoms with Crippen LogP contribution in [0.2, 0.25) is 0 Å². The first-order chi connectivity index (χ1) is 16.1. The van der Waals surface area contributed by atoms with Gasteiger partial charge in [0.05, 0.1) is 30.5 Å². The lowest BCUT2D eigenvalue weighted by atomic mass is 10.2. The number of hydrogen-bond acceptors (Lipinski definition) is 7. The molecule has 0 bridgehead atoms. The van der Waals surface area contributed by atoms with Crippen LogP contribution in [0.15, 0.2) is 45.3 Å². The van der Waals surface area contributed by atoms with Crippen molar-refractivity contribution in [1.29, 1.82) is 0 Å². The van der Waals surface area contributed by atoms with Crippen LogP contribution in [0, 0.1) is 0 Å². The Morgan fingerprint density at radius 3 is 2.94 bits per heavy atom. The quantitative estimate of drug-likeness (QED) is 0.444. The van der Waals surface area contributed by atoms with Crippen LogP contribution in [0.3, 0.4) is 0 Å². The van der Waals surface area contributed by atoms with Crippen molar-refractivity contribution < 1.29 is 14.3 Å². The first-order valence-electron chi connectivity index (χ1n) is 10.8. The summed E-state index contributed by atoms with van der Waals surface area (Å²) in [5, 5.41) is 8.91. The fourth-order valence-corrected chi connectivity index (χ4v) is 4.89. The lowest BCUT2D eigenvalue weighted by Crippen LogP contribution is -2.30. The van der Waals surface area contributed by atoms with Crippen molar-refractivity contribution in [2.24, 2.45) is 0 Å². The SMILES string of the molecule is CCOc1ccccc1NC(=O)Cn1nc2n(C[C@@H]3CCCO3)c(=O)c3sccc3n2c1=O. The summed E-state index contributed by atoms with van der Waals surface area (Å²) in [4.78, 5) is 39.1. The average molecular weight is 470 g/mol. The summed E-state index contributed by atoms with van der Waals surface area (Å²) in [7, 11) is 0. The minimum Gasteiger partial charge on any atom is -0.492 e. The van der Waals surface area contributed by atoms with Crippen LogP contribution >= 0.6 is 11.3 Å². The standard InChI is InChI=1S/C22H23N5O5S/c1-2-31-17-8-4-3-7-15(17)23-18(28)13-26-22(30)27-16-9-11-33-19(16)20(29)25(21(27)24-26)12-14-6-5-10-32-14/h3-4,7-9,11,14H,2,5-6,10,12-13H2,1H3,(H,23,28)/t14-/m0/s1. The molecule has 0 unspecified atom stereocenters. The molecule has 0 saturated carbocycles. The molecule has 0 aliphatic carbocycles. The van der Waals surface area contributed by atoms with Crippen LogP contribution in [0.25, 0.3) is 16.0 Å². The Labute approximate surface area is 192 Å². The highest BCUT2D eigenvalue weighted by Crippen LogP contribution is 2.24. The van der Waals surface area contributed by atoms with E-state index in [9.17, 15) is 14.4 Å². The molecule has 33 heavy (non-hydrogen) atoms. The zero-order valence-corrected chi connectivity index (χ0v) is 18.8. The van der Waals surface area contributed by atoms with E-state index < -0.39 is 11.6 Å². The van der Waals surface area contributed by atoms with Crippen LogP contribution in [0.1, 0.15) is 19.8 Å². The Morgan fingerprint density at radius 2 is 2.15 bits per heavy atom. The Bertz CT molecular complexity index is 1440. The van der Waals surface area contributed by atoms with E-state index in [1.54, 1.807) is 29.6 Å². The number of ether oxygens (including phenoxy) is 2. The molecule has 4 aromatic rings. The molecule has 1 fully saturated rings. The second kappa shape index (κ2) is 8.83. The topological polar surface area (TPSA) is 109 Å². The number of nitrogens with zero attached hydrogens (tertiary/aromatic N) is 4. The summed E-state index contributed by atoms with van der Waals surface area (Å²) in [6.45, 7) is 2.97. The van der Waals surface area contributed by atoms with Gasteiger partial charge in [0.25, 0.3) is 5.56 Å². The van der Waals surface area contributed by atoms with Crippen LogP contribution in [0.5, 0.6) is 5.75 Å². The summed E-state index contributed by atoms with van der Waals surface area (Å²) < 4.78 is 15.7. The monoisotopic (exact) mass is 469 g/mol. The molecule has 3 aromatic heterocycles. The predicted molar refractivity (Wildman–Crippen MR) is 124 cm³/mol. The van der Waals surface area contributed by atoms with Gasteiger partial charge in [-0.25, -0.2) is 13.9 Å². The smallest absolute Gasteiger partial charge is 0.352 e. The Kier molecular flexibility index (Phi) is 5.73. The van der Waals surface area contributed by atoms with E-state index in [0.717, 1.165) is 17.5 Å². The largest absolute Gasteiger partial charge is 0.492 e. The number of rotatable bonds is 7. The maximum Gasteiger partial charge on any atom is 0.352 e. The molecule has 10 nitrogen and oxygen atoms in total. The fourth-order valence-electron chi connectivity index (χ4n) is 4.07. The van der Waals surface area contributed by atoms with Gasteiger partial charge in [-0.15, -0.1) is 16.4 Å². The maximum absolute atomic E-state index is 13.2. The van der Waals surface area contributed by atoms with Crippen LogP contribution in [-0.4, -0.2) is 44.0 Å². The Morgan fingerprint density at radius 1 is 1.30 bits per heavy atom. The minimum atomic E-state index is -0.484. The molecular weight excluding hydrogens is 446 g/mol. The van der Waals surface area contributed by atoms with E-state index in [1.807, 2.05) is 13.0 Å². The second-order valence-corrected chi connectivity index (χ2v) is 8.65. The molecule has 0 spiro atoms. The second-order valence-electron chi connectivity index (χ2n) is 7.74. The van der Waals surface area contributed by atoms with Crippen molar-refractivity contribution in [3.8, 4) is 5.75 Å². The van der Waals surface area contributed by atoms with E-state index in [-0.39, 0.29) is 24.0 Å². The third kappa shape index (κ3) is 3.93. The molecule has 4 heterocycles. The Balaban J connectivity index is 1.52. The molecular formula is C22H23N5O5S. The number of aromatic nitrogens is 4. The maximum atomic E-state index is 13.2. The van der Waals surface area contributed by atoms with Gasteiger partial charge in [-0.3, -0.25) is 14.2 Å². The number of para-hydroxylation sites is 2. The number of amides is 1. The van der Waals surface area contributed by atoms with Gasteiger partial charge >= 0.3 is 5.69 Å². The summed E-state index contributed by atoms with van der Waals surface area (Å²) in [6, 6.07) is 8.80.